The zero-order valence-corrected chi connectivity index (χ0v) is 24.9. The van der Waals surface area contributed by atoms with Crippen LogP contribution in [0.25, 0.3) is 5.57 Å². The summed E-state index contributed by atoms with van der Waals surface area (Å²) in [5.74, 6) is 2.68. The monoisotopic (exact) mass is 529 g/mol. The lowest BCUT2D eigenvalue weighted by Gasteiger charge is -2.36. The summed E-state index contributed by atoms with van der Waals surface area (Å²) in [6, 6.07) is 9.46. The van der Waals surface area contributed by atoms with Gasteiger partial charge < -0.3 is 9.80 Å². The van der Waals surface area contributed by atoms with Gasteiger partial charge in [-0.05, 0) is 87.4 Å². The molecule has 2 fully saturated rings. The number of aliphatic imine (C=N–C) groups is 3. The quantitative estimate of drug-likeness (QED) is 0.243. The number of hydrogen-bond acceptors (Lipinski definition) is 4. The lowest BCUT2D eigenvalue weighted by atomic mass is 9.84. The number of hydrogen-bond donors (Lipinski definition) is 0. The summed E-state index contributed by atoms with van der Waals surface area (Å²) in [7, 11) is 1.92. The molecule has 5 heteroatoms. The van der Waals surface area contributed by atoms with Crippen molar-refractivity contribution in [2.24, 2.45) is 32.7 Å². The van der Waals surface area contributed by atoms with Gasteiger partial charge in [0.25, 0.3) is 0 Å². The maximum absolute atomic E-state index is 4.64. The molecule has 2 saturated heterocycles. The summed E-state index contributed by atoms with van der Waals surface area (Å²) in [5, 5.41) is 0. The SMILES string of the molecule is C=NC(=NCCN1CCC(CCc2ccc(C3=CCC(C(=C)N4CCC(=NC)CC4)CC3)cc2)CC1)C(C)C. The van der Waals surface area contributed by atoms with Gasteiger partial charge in [-0.15, -0.1) is 0 Å². The van der Waals surface area contributed by atoms with Crippen molar-refractivity contribution in [3.8, 4) is 0 Å². The van der Waals surface area contributed by atoms with E-state index in [1.807, 2.05) is 7.05 Å². The maximum atomic E-state index is 4.64. The molecule has 0 amide bonds. The van der Waals surface area contributed by atoms with Crippen molar-refractivity contribution in [3.63, 3.8) is 0 Å². The van der Waals surface area contributed by atoms with Crippen molar-refractivity contribution in [1.82, 2.24) is 9.80 Å². The van der Waals surface area contributed by atoms with Crippen LogP contribution in [0.2, 0.25) is 0 Å². The van der Waals surface area contributed by atoms with E-state index in [2.05, 4.69) is 82.3 Å². The molecule has 2 aliphatic heterocycles. The average molecular weight is 530 g/mol. The fraction of sp³-hybridized carbons (Fsp3) is 0.618. The minimum atomic E-state index is 0.356. The predicted molar refractivity (Wildman–Crippen MR) is 169 cm³/mol. The summed E-state index contributed by atoms with van der Waals surface area (Å²) >= 11 is 0. The van der Waals surface area contributed by atoms with Crippen LogP contribution in [0, 0.1) is 17.8 Å². The van der Waals surface area contributed by atoms with Gasteiger partial charge in [0.2, 0.25) is 0 Å². The number of aryl methyl sites for hydroxylation is 1. The maximum Gasteiger partial charge on any atom is 0.125 e. The highest BCUT2D eigenvalue weighted by atomic mass is 15.1. The van der Waals surface area contributed by atoms with Gasteiger partial charge in [0, 0.05) is 62.8 Å². The van der Waals surface area contributed by atoms with Crippen LogP contribution in [0.1, 0.15) is 76.3 Å². The molecule has 0 radical (unpaired) electrons. The van der Waals surface area contributed by atoms with Crippen LogP contribution in [-0.4, -0.2) is 74.4 Å². The van der Waals surface area contributed by atoms with E-state index in [4.69, 9.17) is 0 Å². The highest BCUT2D eigenvalue weighted by Crippen LogP contribution is 2.35. The number of benzene rings is 1. The minimum absolute atomic E-state index is 0.356. The Hall–Kier alpha value is -2.53. The molecule has 0 spiro atoms. The van der Waals surface area contributed by atoms with Gasteiger partial charge in [0.15, 0.2) is 0 Å². The molecule has 2 heterocycles. The topological polar surface area (TPSA) is 43.6 Å². The molecule has 1 aromatic rings. The molecular weight excluding hydrogens is 478 g/mol. The third-order valence-electron chi connectivity index (χ3n) is 9.19. The zero-order chi connectivity index (χ0) is 27.6. The largest absolute Gasteiger partial charge is 0.374 e. The van der Waals surface area contributed by atoms with Gasteiger partial charge in [0.1, 0.15) is 5.84 Å². The van der Waals surface area contributed by atoms with E-state index in [9.17, 15) is 0 Å². The Kier molecular flexibility index (Phi) is 11.1. The lowest BCUT2D eigenvalue weighted by Crippen LogP contribution is -2.35. The van der Waals surface area contributed by atoms with Gasteiger partial charge >= 0.3 is 0 Å². The van der Waals surface area contributed by atoms with Crippen molar-refractivity contribution < 1.29 is 0 Å². The van der Waals surface area contributed by atoms with Crippen LogP contribution in [0.5, 0.6) is 0 Å². The Morgan fingerprint density at radius 1 is 1.00 bits per heavy atom. The van der Waals surface area contributed by atoms with Crippen LogP contribution in [-0.2, 0) is 6.42 Å². The second-order valence-corrected chi connectivity index (χ2v) is 12.0. The van der Waals surface area contributed by atoms with Crippen LogP contribution in [0.4, 0.5) is 0 Å². The fourth-order valence-electron chi connectivity index (χ4n) is 6.41. The Balaban J connectivity index is 1.16. The van der Waals surface area contributed by atoms with Gasteiger partial charge in [-0.2, -0.15) is 0 Å². The van der Waals surface area contributed by atoms with Crippen molar-refractivity contribution in [2.75, 3.05) is 46.3 Å². The first kappa shape index (κ1) is 29.5. The van der Waals surface area contributed by atoms with E-state index in [-0.39, 0.29) is 0 Å². The zero-order valence-electron chi connectivity index (χ0n) is 24.9. The van der Waals surface area contributed by atoms with E-state index < -0.39 is 0 Å². The molecule has 212 valence electrons. The van der Waals surface area contributed by atoms with Crippen molar-refractivity contribution in [1.29, 1.82) is 0 Å². The van der Waals surface area contributed by atoms with E-state index in [0.29, 0.717) is 11.8 Å². The van der Waals surface area contributed by atoms with E-state index in [1.165, 1.54) is 73.3 Å². The first-order valence-corrected chi connectivity index (χ1v) is 15.4. The first-order chi connectivity index (χ1) is 19.0. The molecule has 1 unspecified atom stereocenters. The van der Waals surface area contributed by atoms with Crippen molar-refractivity contribution in [3.05, 3.63) is 53.7 Å². The van der Waals surface area contributed by atoms with Crippen LogP contribution >= 0.6 is 0 Å². The van der Waals surface area contributed by atoms with Crippen LogP contribution in [0.3, 0.4) is 0 Å². The second-order valence-electron chi connectivity index (χ2n) is 12.0. The highest BCUT2D eigenvalue weighted by molar-refractivity contribution is 5.87. The number of likely N-dealkylation sites (tertiary alicyclic amines) is 2. The van der Waals surface area contributed by atoms with Crippen molar-refractivity contribution >= 4 is 23.8 Å². The lowest BCUT2D eigenvalue weighted by molar-refractivity contribution is 0.183. The molecule has 0 N–H and O–H groups in total. The molecule has 1 aromatic carbocycles. The Morgan fingerprint density at radius 3 is 2.31 bits per heavy atom. The van der Waals surface area contributed by atoms with E-state index in [1.54, 1.807) is 0 Å². The fourth-order valence-corrected chi connectivity index (χ4v) is 6.41. The summed E-state index contributed by atoms with van der Waals surface area (Å²) in [6.45, 7) is 18.8. The molecule has 1 aliphatic carbocycles. The van der Waals surface area contributed by atoms with Gasteiger partial charge in [-0.3, -0.25) is 9.98 Å². The average Bonchev–Trinajstić information content (AvgIpc) is 2.99. The summed E-state index contributed by atoms with van der Waals surface area (Å²) in [5.41, 5.74) is 7.12. The Labute approximate surface area is 237 Å². The third kappa shape index (κ3) is 8.48. The molecular formula is C34H51N5. The second kappa shape index (κ2) is 14.7. The van der Waals surface area contributed by atoms with Gasteiger partial charge in [-0.1, -0.05) is 50.8 Å². The van der Waals surface area contributed by atoms with Crippen LogP contribution in [0.15, 0.2) is 57.6 Å². The number of rotatable bonds is 10. The predicted octanol–water partition coefficient (Wildman–Crippen LogP) is 6.95. The standard InChI is InChI=1S/C34H51N5/c1-26(2)34(36-5)37-20-25-38-21-16-29(17-22-38)7-6-28-8-10-31(11-9-28)32-14-12-30(13-15-32)27(3)39-23-18-33(35-4)19-24-39/h8-11,14,26,29-30H,3,5-7,12-13,15-25H2,1-2,4H3. The van der Waals surface area contributed by atoms with E-state index >= 15 is 0 Å². The molecule has 0 aromatic heterocycles. The minimum Gasteiger partial charge on any atom is -0.374 e. The number of nitrogens with zero attached hydrogens (tertiary/aromatic N) is 5. The van der Waals surface area contributed by atoms with Crippen LogP contribution < -0.4 is 0 Å². The molecule has 5 nitrogen and oxygen atoms in total. The van der Waals surface area contributed by atoms with Crippen molar-refractivity contribution in [2.45, 2.75) is 71.6 Å². The number of allylic oxidation sites excluding steroid dienone is 3. The summed E-state index contributed by atoms with van der Waals surface area (Å²) in [6.07, 6.45) is 13.3. The number of amidine groups is 1. The molecule has 0 saturated carbocycles. The third-order valence-corrected chi connectivity index (χ3v) is 9.19. The normalized spacial score (nSPS) is 21.7. The van der Waals surface area contributed by atoms with E-state index in [0.717, 1.165) is 63.6 Å². The van der Waals surface area contributed by atoms with Gasteiger partial charge in [-0.25, -0.2) is 4.99 Å². The summed E-state index contributed by atoms with van der Waals surface area (Å²) in [4.78, 5) is 18.2. The molecule has 4 rings (SSSR count). The smallest absolute Gasteiger partial charge is 0.125 e. The number of piperidine rings is 2. The molecule has 3 aliphatic rings. The summed E-state index contributed by atoms with van der Waals surface area (Å²) < 4.78 is 0. The first-order valence-electron chi connectivity index (χ1n) is 15.4. The Bertz CT molecular complexity index is 1030. The molecule has 39 heavy (non-hydrogen) atoms. The molecule has 1 atom stereocenters. The molecule has 0 bridgehead atoms. The van der Waals surface area contributed by atoms with Gasteiger partial charge in [0.05, 0.1) is 6.54 Å². The Morgan fingerprint density at radius 2 is 1.72 bits per heavy atom. The highest BCUT2D eigenvalue weighted by Gasteiger charge is 2.24.